The third-order valence-electron chi connectivity index (χ3n) is 3.96. The lowest BCUT2D eigenvalue weighted by Gasteiger charge is -2.31. The predicted molar refractivity (Wildman–Crippen MR) is 90.4 cm³/mol. The molecule has 1 heterocycles. The lowest BCUT2D eigenvalue weighted by molar-refractivity contribution is -0.902. The molecule has 0 bridgehead atoms. The largest absolute Gasteiger partial charge is 0.323 e. The number of benzene rings is 1. The normalized spacial score (nSPS) is 15.1. The fourth-order valence-electron chi connectivity index (χ4n) is 2.71. The SMILES string of the molecule is CN(C)Cc1ccc(C[N+](C)(C)CCN2C(=O)C=CC2=O)cc1. The van der Waals surface area contributed by atoms with Crippen molar-refractivity contribution in [2.75, 3.05) is 41.3 Å². The van der Waals surface area contributed by atoms with Gasteiger partial charge in [-0.2, -0.15) is 0 Å². The zero-order valence-corrected chi connectivity index (χ0v) is 14.5. The van der Waals surface area contributed by atoms with Crippen molar-refractivity contribution in [2.24, 2.45) is 0 Å². The van der Waals surface area contributed by atoms with Crippen molar-refractivity contribution >= 4 is 11.8 Å². The summed E-state index contributed by atoms with van der Waals surface area (Å²) in [5, 5.41) is 0. The van der Waals surface area contributed by atoms with Crippen LogP contribution in [0.1, 0.15) is 11.1 Å². The molecule has 0 saturated heterocycles. The zero-order chi connectivity index (χ0) is 17.0. The first kappa shape index (κ1) is 17.4. The van der Waals surface area contributed by atoms with Gasteiger partial charge in [-0.3, -0.25) is 14.5 Å². The van der Waals surface area contributed by atoms with Crippen molar-refractivity contribution in [1.29, 1.82) is 0 Å². The van der Waals surface area contributed by atoms with Gasteiger partial charge in [0, 0.05) is 24.3 Å². The molecule has 124 valence electrons. The molecule has 1 aliphatic rings. The zero-order valence-electron chi connectivity index (χ0n) is 14.5. The van der Waals surface area contributed by atoms with Crippen molar-refractivity contribution < 1.29 is 14.1 Å². The molecule has 1 aliphatic heterocycles. The first-order valence-electron chi connectivity index (χ1n) is 7.85. The molecule has 0 fully saturated rings. The van der Waals surface area contributed by atoms with E-state index in [1.54, 1.807) is 0 Å². The molecule has 2 amide bonds. The van der Waals surface area contributed by atoms with Gasteiger partial charge in [0.15, 0.2) is 0 Å². The molecule has 23 heavy (non-hydrogen) atoms. The summed E-state index contributed by atoms with van der Waals surface area (Å²) in [6.45, 7) is 2.99. The highest BCUT2D eigenvalue weighted by Crippen LogP contribution is 2.13. The van der Waals surface area contributed by atoms with Gasteiger partial charge in [-0.15, -0.1) is 0 Å². The van der Waals surface area contributed by atoms with E-state index in [0.717, 1.165) is 24.1 Å². The maximum atomic E-state index is 11.6. The molecular weight excluding hydrogens is 290 g/mol. The molecule has 0 atom stereocenters. The minimum atomic E-state index is -0.206. The maximum Gasteiger partial charge on any atom is 0.253 e. The van der Waals surface area contributed by atoms with Gasteiger partial charge in [-0.1, -0.05) is 24.3 Å². The summed E-state index contributed by atoms with van der Waals surface area (Å²) in [6.07, 6.45) is 2.68. The van der Waals surface area contributed by atoms with Gasteiger partial charge in [0.25, 0.3) is 11.8 Å². The van der Waals surface area contributed by atoms with Crippen molar-refractivity contribution in [2.45, 2.75) is 13.1 Å². The van der Waals surface area contributed by atoms with Crippen LogP contribution in [0, 0.1) is 0 Å². The quantitative estimate of drug-likeness (QED) is 0.561. The maximum absolute atomic E-state index is 11.6. The molecule has 0 aromatic heterocycles. The van der Waals surface area contributed by atoms with E-state index in [4.69, 9.17) is 0 Å². The Morgan fingerprint density at radius 1 is 0.957 bits per heavy atom. The minimum absolute atomic E-state index is 0.206. The molecule has 0 unspecified atom stereocenters. The van der Waals surface area contributed by atoms with Crippen LogP contribution in [-0.2, 0) is 22.7 Å². The fraction of sp³-hybridized carbons (Fsp3) is 0.444. The number of likely N-dealkylation sites (N-methyl/N-ethyl adjacent to an activating group) is 1. The number of rotatable bonds is 7. The number of hydrogen-bond acceptors (Lipinski definition) is 3. The van der Waals surface area contributed by atoms with Gasteiger partial charge in [0.2, 0.25) is 0 Å². The molecule has 0 saturated carbocycles. The Morgan fingerprint density at radius 2 is 1.48 bits per heavy atom. The first-order valence-corrected chi connectivity index (χ1v) is 7.85. The van der Waals surface area contributed by atoms with Crippen molar-refractivity contribution in [3.05, 3.63) is 47.5 Å². The van der Waals surface area contributed by atoms with Crippen LogP contribution in [0.15, 0.2) is 36.4 Å². The summed E-state index contributed by atoms with van der Waals surface area (Å²) >= 11 is 0. The van der Waals surface area contributed by atoms with Gasteiger partial charge in [-0.05, 0) is 19.7 Å². The molecule has 0 N–H and O–H groups in total. The Bertz CT molecular complexity index is 585. The van der Waals surface area contributed by atoms with Crippen LogP contribution >= 0.6 is 0 Å². The average Bonchev–Trinajstić information content (AvgIpc) is 2.77. The Kier molecular flexibility index (Phi) is 5.34. The second-order valence-corrected chi connectivity index (χ2v) is 7.03. The monoisotopic (exact) mass is 316 g/mol. The number of hydrogen-bond donors (Lipinski definition) is 0. The average molecular weight is 316 g/mol. The molecule has 0 aliphatic carbocycles. The molecule has 1 aromatic carbocycles. The van der Waals surface area contributed by atoms with Crippen LogP contribution in [0.2, 0.25) is 0 Å². The highest BCUT2D eigenvalue weighted by atomic mass is 16.2. The Hall–Kier alpha value is -1.98. The summed E-state index contributed by atoms with van der Waals surface area (Å²) in [5.74, 6) is -0.411. The van der Waals surface area contributed by atoms with Crippen molar-refractivity contribution in [1.82, 2.24) is 9.80 Å². The van der Waals surface area contributed by atoms with Crippen LogP contribution in [-0.4, -0.2) is 67.4 Å². The number of amides is 2. The van der Waals surface area contributed by atoms with Crippen molar-refractivity contribution in [3.63, 3.8) is 0 Å². The number of imide groups is 1. The predicted octanol–water partition coefficient (Wildman–Crippen LogP) is 1.25. The van der Waals surface area contributed by atoms with Crippen molar-refractivity contribution in [3.8, 4) is 0 Å². The Labute approximate surface area is 138 Å². The van der Waals surface area contributed by atoms with Gasteiger partial charge < -0.3 is 9.38 Å². The number of quaternary nitrogens is 1. The van der Waals surface area contributed by atoms with E-state index in [9.17, 15) is 9.59 Å². The summed E-state index contributed by atoms with van der Waals surface area (Å²) in [7, 11) is 8.35. The molecule has 0 radical (unpaired) electrons. The van der Waals surface area contributed by atoms with Crippen LogP contribution in [0.5, 0.6) is 0 Å². The molecular formula is C18H26N3O2+. The number of carbonyl (C=O) groups excluding carboxylic acids is 2. The van der Waals surface area contributed by atoms with E-state index in [1.807, 2.05) is 0 Å². The van der Waals surface area contributed by atoms with Crippen LogP contribution in [0.3, 0.4) is 0 Å². The highest BCUT2D eigenvalue weighted by molar-refractivity contribution is 6.12. The van der Waals surface area contributed by atoms with E-state index in [1.165, 1.54) is 28.2 Å². The third-order valence-corrected chi connectivity index (χ3v) is 3.96. The van der Waals surface area contributed by atoms with E-state index in [2.05, 4.69) is 57.4 Å². The van der Waals surface area contributed by atoms with Crippen LogP contribution in [0.25, 0.3) is 0 Å². The smallest absolute Gasteiger partial charge is 0.253 e. The summed E-state index contributed by atoms with van der Waals surface area (Å²) < 4.78 is 0.726. The topological polar surface area (TPSA) is 40.6 Å². The van der Waals surface area contributed by atoms with Gasteiger partial charge in [0.05, 0.1) is 27.2 Å². The lowest BCUT2D eigenvalue weighted by atomic mass is 10.1. The third kappa shape index (κ3) is 5.01. The second kappa shape index (κ2) is 7.06. The summed E-state index contributed by atoms with van der Waals surface area (Å²) in [6, 6.07) is 8.64. The highest BCUT2D eigenvalue weighted by Gasteiger charge is 2.26. The van der Waals surface area contributed by atoms with Gasteiger partial charge in [-0.25, -0.2) is 0 Å². The van der Waals surface area contributed by atoms with Crippen LogP contribution in [0.4, 0.5) is 0 Å². The Balaban J connectivity index is 1.90. The first-order chi connectivity index (χ1) is 10.8. The standard InChI is InChI=1S/C18H26N3O2/c1-19(2)13-15-5-7-16(8-6-15)14-21(3,4)12-11-20-17(22)9-10-18(20)23/h5-10H,11-14H2,1-4H3/q+1. The number of nitrogens with zero attached hydrogens (tertiary/aromatic N) is 3. The molecule has 0 spiro atoms. The van der Waals surface area contributed by atoms with Gasteiger partial charge in [0.1, 0.15) is 6.54 Å². The second-order valence-electron chi connectivity index (χ2n) is 7.03. The molecule has 2 rings (SSSR count). The van der Waals surface area contributed by atoms with E-state index in [0.29, 0.717) is 6.54 Å². The fourth-order valence-corrected chi connectivity index (χ4v) is 2.71. The van der Waals surface area contributed by atoms with Crippen LogP contribution < -0.4 is 0 Å². The van der Waals surface area contributed by atoms with E-state index in [-0.39, 0.29) is 11.8 Å². The van der Waals surface area contributed by atoms with Gasteiger partial charge >= 0.3 is 0 Å². The summed E-state index contributed by atoms with van der Waals surface area (Å²) in [5.41, 5.74) is 2.55. The number of carbonyl (C=O) groups is 2. The summed E-state index contributed by atoms with van der Waals surface area (Å²) in [4.78, 5) is 26.6. The molecule has 5 nitrogen and oxygen atoms in total. The molecule has 5 heteroatoms. The molecule has 1 aromatic rings. The minimum Gasteiger partial charge on any atom is -0.323 e. The lowest BCUT2D eigenvalue weighted by Crippen LogP contribution is -2.46. The Morgan fingerprint density at radius 3 is 2.00 bits per heavy atom. The van der Waals surface area contributed by atoms with E-state index < -0.39 is 0 Å². The van der Waals surface area contributed by atoms with E-state index >= 15 is 0 Å².